The van der Waals surface area contributed by atoms with E-state index in [1.54, 1.807) is 66.7 Å². The number of nitrogens with zero attached hydrogens (tertiary/aromatic N) is 1. The van der Waals surface area contributed by atoms with E-state index in [0.717, 1.165) is 0 Å². The molecule has 1 heterocycles. The molecule has 6 heteroatoms. The highest BCUT2D eigenvalue weighted by atomic mass is 35.5. The molecule has 0 bridgehead atoms. The Morgan fingerprint density at radius 2 is 1.17 bits per heavy atom. The van der Waals surface area contributed by atoms with E-state index in [4.69, 9.17) is 44.3 Å². The normalized spacial score (nSPS) is 10.7. The van der Waals surface area contributed by atoms with Gasteiger partial charge in [0.25, 0.3) is 6.29 Å². The smallest absolute Gasteiger partial charge is 0.284 e. The Labute approximate surface area is 154 Å². The summed E-state index contributed by atoms with van der Waals surface area (Å²) in [5.74, 6) is 1.19. The maximum Gasteiger partial charge on any atom is 0.284 e. The number of rotatable bonds is 5. The number of hydrogen-bond donors (Lipinski definition) is 0. The molecule has 0 N–H and O–H groups in total. The van der Waals surface area contributed by atoms with E-state index >= 15 is 0 Å². The maximum atomic E-state index is 5.98. The zero-order valence-electron chi connectivity index (χ0n) is 12.3. The van der Waals surface area contributed by atoms with Gasteiger partial charge in [0, 0.05) is 10.0 Å². The van der Waals surface area contributed by atoms with Crippen LogP contribution in [0.15, 0.2) is 66.7 Å². The van der Waals surface area contributed by atoms with Crippen molar-refractivity contribution in [3.8, 4) is 11.5 Å². The van der Waals surface area contributed by atoms with Crippen LogP contribution in [0.25, 0.3) is 0 Å². The molecule has 0 fully saturated rings. The summed E-state index contributed by atoms with van der Waals surface area (Å²) in [5.41, 5.74) is 0.549. The highest BCUT2D eigenvalue weighted by molar-refractivity contribution is 6.30. The quantitative estimate of drug-likeness (QED) is 0.390. The summed E-state index contributed by atoms with van der Waals surface area (Å²) in [6.07, 6.45) is -0.772. The minimum Gasteiger partial charge on any atom is -0.449 e. The molecule has 0 aliphatic rings. The molecule has 0 amide bonds. The third-order valence-electron chi connectivity index (χ3n) is 3.09. The van der Waals surface area contributed by atoms with Crippen LogP contribution in [-0.2, 0) is 0 Å². The van der Waals surface area contributed by atoms with E-state index < -0.39 is 6.29 Å². The van der Waals surface area contributed by atoms with Crippen LogP contribution in [0.2, 0.25) is 15.2 Å². The third-order valence-corrected chi connectivity index (χ3v) is 3.81. The van der Waals surface area contributed by atoms with Crippen molar-refractivity contribution in [2.45, 2.75) is 6.29 Å². The number of benzene rings is 2. The Kier molecular flexibility index (Phi) is 5.46. The minimum atomic E-state index is -0.772. The van der Waals surface area contributed by atoms with Gasteiger partial charge in [0.05, 0.1) is 0 Å². The van der Waals surface area contributed by atoms with Crippen molar-refractivity contribution in [3.05, 3.63) is 87.6 Å². The van der Waals surface area contributed by atoms with Crippen molar-refractivity contribution in [3.63, 3.8) is 0 Å². The van der Waals surface area contributed by atoms with E-state index in [-0.39, 0.29) is 0 Å². The fourth-order valence-electron chi connectivity index (χ4n) is 1.97. The predicted octanol–water partition coefficient (Wildman–Crippen LogP) is 6.20. The lowest BCUT2D eigenvalue weighted by Crippen LogP contribution is -2.16. The van der Waals surface area contributed by atoms with Crippen LogP contribution in [0.3, 0.4) is 0 Å². The molecule has 0 aliphatic heterocycles. The molecule has 1 aromatic heterocycles. The minimum absolute atomic E-state index is 0.358. The van der Waals surface area contributed by atoms with E-state index in [2.05, 4.69) is 4.98 Å². The second-order valence-electron chi connectivity index (χ2n) is 4.86. The first-order valence-electron chi connectivity index (χ1n) is 7.07. The Morgan fingerprint density at radius 1 is 0.667 bits per heavy atom. The zero-order valence-corrected chi connectivity index (χ0v) is 14.6. The molecule has 0 unspecified atom stereocenters. The van der Waals surface area contributed by atoms with Gasteiger partial charge in [-0.15, -0.1) is 0 Å². The van der Waals surface area contributed by atoms with Crippen LogP contribution in [0.5, 0.6) is 11.5 Å². The van der Waals surface area contributed by atoms with Crippen LogP contribution in [-0.4, -0.2) is 4.98 Å². The molecule has 0 saturated carbocycles. The maximum absolute atomic E-state index is 5.98. The SMILES string of the molecule is Clc1ccc(OC(Oc2ccc(Cl)cc2)c2cccc(Cl)n2)cc1. The fraction of sp³-hybridized carbons (Fsp3) is 0.0556. The van der Waals surface area contributed by atoms with Gasteiger partial charge in [-0.2, -0.15) is 0 Å². The Bertz CT molecular complexity index is 760. The monoisotopic (exact) mass is 379 g/mol. The number of pyridine rings is 1. The van der Waals surface area contributed by atoms with E-state index in [0.29, 0.717) is 32.4 Å². The summed E-state index contributed by atoms with van der Waals surface area (Å²) < 4.78 is 11.8. The van der Waals surface area contributed by atoms with Crippen molar-refractivity contribution < 1.29 is 9.47 Å². The molecule has 0 spiro atoms. The zero-order chi connectivity index (χ0) is 16.9. The number of hydrogen-bond acceptors (Lipinski definition) is 3. The standard InChI is InChI=1S/C18H12Cl3NO2/c19-12-4-8-14(9-5-12)23-18(16-2-1-3-17(21)22-16)24-15-10-6-13(20)7-11-15/h1-11,18H. The summed E-state index contributed by atoms with van der Waals surface area (Å²) >= 11 is 17.8. The van der Waals surface area contributed by atoms with Gasteiger partial charge < -0.3 is 9.47 Å². The van der Waals surface area contributed by atoms with Gasteiger partial charge in [-0.1, -0.05) is 40.9 Å². The first-order valence-corrected chi connectivity index (χ1v) is 8.20. The highest BCUT2D eigenvalue weighted by Gasteiger charge is 2.18. The molecule has 0 atom stereocenters. The van der Waals surface area contributed by atoms with Gasteiger partial charge in [-0.05, 0) is 60.7 Å². The molecule has 24 heavy (non-hydrogen) atoms. The molecule has 0 saturated heterocycles. The lowest BCUT2D eigenvalue weighted by molar-refractivity contribution is 0.000350. The number of aromatic nitrogens is 1. The van der Waals surface area contributed by atoms with Crippen LogP contribution < -0.4 is 9.47 Å². The molecule has 3 aromatic rings. The van der Waals surface area contributed by atoms with E-state index in [1.165, 1.54) is 0 Å². The highest BCUT2D eigenvalue weighted by Crippen LogP contribution is 2.27. The van der Waals surface area contributed by atoms with E-state index in [9.17, 15) is 0 Å². The summed E-state index contributed by atoms with van der Waals surface area (Å²) in [6.45, 7) is 0. The van der Waals surface area contributed by atoms with Crippen LogP contribution >= 0.6 is 34.8 Å². The fourth-order valence-corrected chi connectivity index (χ4v) is 2.40. The van der Waals surface area contributed by atoms with Crippen LogP contribution in [0.1, 0.15) is 12.0 Å². The predicted molar refractivity (Wildman–Crippen MR) is 96.1 cm³/mol. The summed E-state index contributed by atoms with van der Waals surface area (Å²) in [5, 5.41) is 1.61. The topological polar surface area (TPSA) is 31.4 Å². The Hall–Kier alpha value is -1.94. The van der Waals surface area contributed by atoms with Gasteiger partial charge in [-0.3, -0.25) is 0 Å². The average molecular weight is 381 g/mol. The molecule has 0 radical (unpaired) electrons. The van der Waals surface area contributed by atoms with Crippen molar-refractivity contribution in [1.82, 2.24) is 4.98 Å². The molecule has 3 nitrogen and oxygen atoms in total. The number of halogens is 3. The molecule has 0 aliphatic carbocycles. The van der Waals surface area contributed by atoms with E-state index in [1.807, 2.05) is 0 Å². The largest absolute Gasteiger partial charge is 0.449 e. The molecule has 2 aromatic carbocycles. The van der Waals surface area contributed by atoms with Gasteiger partial charge in [-0.25, -0.2) is 4.98 Å². The Balaban J connectivity index is 1.87. The van der Waals surface area contributed by atoms with Crippen molar-refractivity contribution in [1.29, 1.82) is 0 Å². The van der Waals surface area contributed by atoms with Gasteiger partial charge in [0.1, 0.15) is 22.3 Å². The summed E-state index contributed by atoms with van der Waals surface area (Å²) in [4.78, 5) is 4.26. The van der Waals surface area contributed by atoms with Crippen LogP contribution in [0, 0.1) is 0 Å². The Morgan fingerprint density at radius 3 is 1.62 bits per heavy atom. The second-order valence-corrected chi connectivity index (χ2v) is 6.12. The lowest BCUT2D eigenvalue weighted by Gasteiger charge is -2.20. The molecule has 3 rings (SSSR count). The number of ether oxygens (including phenoxy) is 2. The van der Waals surface area contributed by atoms with Crippen molar-refractivity contribution in [2.24, 2.45) is 0 Å². The first kappa shape index (κ1) is 16.9. The van der Waals surface area contributed by atoms with Gasteiger partial charge in [0.2, 0.25) is 0 Å². The molecule has 122 valence electrons. The summed E-state index contributed by atoms with van der Waals surface area (Å²) in [6, 6.07) is 19.2. The van der Waals surface area contributed by atoms with Gasteiger partial charge >= 0.3 is 0 Å². The van der Waals surface area contributed by atoms with Gasteiger partial charge in [0.15, 0.2) is 0 Å². The summed E-state index contributed by atoms with van der Waals surface area (Å²) in [7, 11) is 0. The molecular weight excluding hydrogens is 369 g/mol. The average Bonchev–Trinajstić information content (AvgIpc) is 2.58. The third kappa shape index (κ3) is 4.54. The van der Waals surface area contributed by atoms with Crippen molar-refractivity contribution >= 4 is 34.8 Å². The van der Waals surface area contributed by atoms with Crippen molar-refractivity contribution in [2.75, 3.05) is 0 Å². The van der Waals surface area contributed by atoms with Crippen LogP contribution in [0.4, 0.5) is 0 Å². The lowest BCUT2D eigenvalue weighted by atomic mass is 10.3. The molecular formula is C18H12Cl3NO2. The first-order chi connectivity index (χ1) is 11.6. The second kappa shape index (κ2) is 7.75.